The highest BCUT2D eigenvalue weighted by Crippen LogP contribution is 2.27. The molecule has 3 amide bonds. The number of hydrogen-bond donors (Lipinski definition) is 1. The van der Waals surface area contributed by atoms with E-state index in [4.69, 9.17) is 4.74 Å². The molecule has 0 radical (unpaired) electrons. The number of rotatable bonds is 6. The molecule has 1 saturated heterocycles. The van der Waals surface area contributed by atoms with Crippen LogP contribution >= 0.6 is 0 Å². The van der Waals surface area contributed by atoms with Gasteiger partial charge >= 0.3 is 0 Å². The lowest BCUT2D eigenvalue weighted by molar-refractivity contribution is 0.0475. The number of benzene rings is 3. The molecule has 0 aliphatic carbocycles. The summed E-state index contributed by atoms with van der Waals surface area (Å²) in [4.78, 5) is 39.9. The fraction of sp³-hybridized carbons (Fsp3) is 0.222. The van der Waals surface area contributed by atoms with Crippen LogP contribution in [0.4, 0.5) is 5.69 Å². The van der Waals surface area contributed by atoms with E-state index >= 15 is 0 Å². The molecule has 2 aliphatic rings. The van der Waals surface area contributed by atoms with Crippen molar-refractivity contribution in [2.75, 3.05) is 18.5 Å². The first kappa shape index (κ1) is 21.1. The molecule has 5 rings (SSSR count). The molecule has 2 heterocycles. The second-order valence-electron chi connectivity index (χ2n) is 8.39. The molecule has 0 aromatic heterocycles. The van der Waals surface area contributed by atoms with E-state index in [1.165, 1.54) is 11.0 Å². The maximum atomic E-state index is 13.0. The van der Waals surface area contributed by atoms with E-state index in [9.17, 15) is 14.4 Å². The Kier molecular flexibility index (Phi) is 5.75. The van der Waals surface area contributed by atoms with Crippen molar-refractivity contribution in [2.45, 2.75) is 25.4 Å². The quantitative estimate of drug-likeness (QED) is 0.580. The number of para-hydroxylation sites is 1. The summed E-state index contributed by atoms with van der Waals surface area (Å²) in [6.07, 6.45) is 2.34. The fourth-order valence-corrected chi connectivity index (χ4v) is 4.40. The van der Waals surface area contributed by atoms with E-state index in [0.29, 0.717) is 29.8 Å². The average Bonchev–Trinajstić information content (AvgIpc) is 3.44. The largest absolute Gasteiger partial charge is 0.376 e. The number of ether oxygens (including phenoxy) is 1. The van der Waals surface area contributed by atoms with Crippen LogP contribution in [0.1, 0.15) is 55.0 Å². The van der Waals surface area contributed by atoms with Crippen LogP contribution in [-0.2, 0) is 11.2 Å². The average molecular weight is 440 g/mol. The zero-order chi connectivity index (χ0) is 22.8. The minimum absolute atomic E-state index is 0.115. The lowest BCUT2D eigenvalue weighted by Gasteiger charge is -2.17. The molecule has 0 saturated carbocycles. The van der Waals surface area contributed by atoms with Crippen molar-refractivity contribution >= 4 is 23.4 Å². The summed E-state index contributed by atoms with van der Waals surface area (Å²) < 4.78 is 5.58. The molecule has 33 heavy (non-hydrogen) atoms. The number of carbonyl (C=O) groups excluding carboxylic acids is 3. The highest BCUT2D eigenvalue weighted by Gasteiger charge is 2.38. The Hall–Kier alpha value is -3.77. The van der Waals surface area contributed by atoms with E-state index in [1.54, 1.807) is 12.1 Å². The molecule has 1 unspecified atom stereocenters. The van der Waals surface area contributed by atoms with Gasteiger partial charge in [0.2, 0.25) is 0 Å². The van der Waals surface area contributed by atoms with E-state index in [-0.39, 0.29) is 35.9 Å². The van der Waals surface area contributed by atoms with Crippen molar-refractivity contribution < 1.29 is 19.1 Å². The Labute approximate surface area is 192 Å². The van der Waals surface area contributed by atoms with Gasteiger partial charge in [-0.15, -0.1) is 0 Å². The Bertz CT molecular complexity index is 1220. The molecule has 166 valence electrons. The van der Waals surface area contributed by atoms with Crippen LogP contribution in [0.5, 0.6) is 0 Å². The van der Waals surface area contributed by atoms with Gasteiger partial charge in [0.15, 0.2) is 0 Å². The van der Waals surface area contributed by atoms with E-state index in [0.717, 1.165) is 24.0 Å². The van der Waals surface area contributed by atoms with Crippen LogP contribution in [0.25, 0.3) is 0 Å². The third kappa shape index (κ3) is 4.30. The van der Waals surface area contributed by atoms with Crippen molar-refractivity contribution in [2.24, 2.45) is 0 Å². The number of hydrogen-bond acceptors (Lipinski definition) is 4. The first-order valence-corrected chi connectivity index (χ1v) is 11.1. The van der Waals surface area contributed by atoms with Gasteiger partial charge in [-0.25, -0.2) is 0 Å². The van der Waals surface area contributed by atoms with Crippen LogP contribution < -0.4 is 5.32 Å². The Morgan fingerprint density at radius 3 is 2.48 bits per heavy atom. The zero-order valence-corrected chi connectivity index (χ0v) is 18.1. The minimum atomic E-state index is -0.371. The summed E-state index contributed by atoms with van der Waals surface area (Å²) in [5, 5.41) is 2.97. The molecule has 2 aliphatic heterocycles. The Morgan fingerprint density at radius 1 is 0.939 bits per heavy atom. The Morgan fingerprint density at radius 2 is 1.70 bits per heavy atom. The SMILES string of the molecule is O=C(Nc1ccccc1Cc1ccccc1)c1ccc2c(c1)C(=O)N(CC1CCCO1)C2=O. The van der Waals surface area contributed by atoms with Gasteiger partial charge in [0.1, 0.15) is 0 Å². The molecule has 3 aromatic rings. The topological polar surface area (TPSA) is 75.7 Å². The van der Waals surface area contributed by atoms with E-state index < -0.39 is 0 Å². The van der Waals surface area contributed by atoms with Gasteiger partial charge in [0.25, 0.3) is 17.7 Å². The smallest absolute Gasteiger partial charge is 0.261 e. The number of anilines is 1. The fourth-order valence-electron chi connectivity index (χ4n) is 4.40. The first-order valence-electron chi connectivity index (χ1n) is 11.1. The maximum Gasteiger partial charge on any atom is 0.261 e. The van der Waals surface area contributed by atoms with Gasteiger partial charge in [-0.05, 0) is 54.7 Å². The molecule has 1 N–H and O–H groups in total. The second-order valence-corrected chi connectivity index (χ2v) is 8.39. The molecule has 6 nitrogen and oxygen atoms in total. The van der Waals surface area contributed by atoms with Gasteiger partial charge in [-0.1, -0.05) is 48.5 Å². The van der Waals surface area contributed by atoms with Crippen molar-refractivity contribution in [1.82, 2.24) is 4.90 Å². The Balaban J connectivity index is 1.34. The monoisotopic (exact) mass is 440 g/mol. The molecule has 0 bridgehead atoms. The number of imide groups is 1. The summed E-state index contributed by atoms with van der Waals surface area (Å²) in [5.41, 5.74) is 3.79. The summed E-state index contributed by atoms with van der Waals surface area (Å²) >= 11 is 0. The molecular formula is C27H24N2O4. The third-order valence-electron chi connectivity index (χ3n) is 6.15. The molecule has 6 heteroatoms. The normalized spacial score (nSPS) is 17.3. The van der Waals surface area contributed by atoms with E-state index in [1.807, 2.05) is 54.6 Å². The van der Waals surface area contributed by atoms with Crippen LogP contribution in [0.15, 0.2) is 72.8 Å². The molecule has 3 aromatic carbocycles. The number of fused-ring (bicyclic) bond motifs is 1. The van der Waals surface area contributed by atoms with Crippen molar-refractivity contribution in [1.29, 1.82) is 0 Å². The number of amides is 3. The van der Waals surface area contributed by atoms with Crippen LogP contribution in [0.2, 0.25) is 0 Å². The highest BCUT2D eigenvalue weighted by molar-refractivity contribution is 6.22. The third-order valence-corrected chi connectivity index (χ3v) is 6.15. The minimum Gasteiger partial charge on any atom is -0.376 e. The van der Waals surface area contributed by atoms with Gasteiger partial charge in [0.05, 0.1) is 23.8 Å². The standard InChI is InChI=1S/C27H24N2O4/c30-25(28-24-11-5-4-9-19(24)15-18-7-2-1-3-8-18)20-12-13-22-23(16-20)27(32)29(26(22)31)17-21-10-6-14-33-21/h1-5,7-9,11-13,16,21H,6,10,14-15,17H2,(H,28,30). The van der Waals surface area contributed by atoms with Gasteiger partial charge in [0, 0.05) is 17.9 Å². The predicted octanol–water partition coefficient (Wildman–Crippen LogP) is 4.30. The van der Waals surface area contributed by atoms with Gasteiger partial charge < -0.3 is 10.1 Å². The number of nitrogens with zero attached hydrogens (tertiary/aromatic N) is 1. The van der Waals surface area contributed by atoms with Crippen molar-refractivity contribution in [3.05, 3.63) is 101 Å². The molecule has 1 fully saturated rings. The van der Waals surface area contributed by atoms with Crippen LogP contribution in [0.3, 0.4) is 0 Å². The lowest BCUT2D eigenvalue weighted by atomic mass is 10.0. The van der Waals surface area contributed by atoms with Crippen LogP contribution in [-0.4, -0.2) is 41.9 Å². The van der Waals surface area contributed by atoms with E-state index in [2.05, 4.69) is 5.32 Å². The lowest BCUT2D eigenvalue weighted by Crippen LogP contribution is -2.36. The summed E-state index contributed by atoms with van der Waals surface area (Å²) in [7, 11) is 0. The summed E-state index contributed by atoms with van der Waals surface area (Å²) in [6, 6.07) is 22.4. The van der Waals surface area contributed by atoms with Crippen LogP contribution in [0, 0.1) is 0 Å². The molecular weight excluding hydrogens is 416 g/mol. The second kappa shape index (κ2) is 9.00. The van der Waals surface area contributed by atoms with Gasteiger partial charge in [-0.2, -0.15) is 0 Å². The zero-order valence-electron chi connectivity index (χ0n) is 18.1. The molecule has 1 atom stereocenters. The first-order chi connectivity index (χ1) is 16.1. The number of nitrogens with one attached hydrogen (secondary N) is 1. The summed E-state index contributed by atoms with van der Waals surface area (Å²) in [5.74, 6) is -1.02. The van der Waals surface area contributed by atoms with Crippen molar-refractivity contribution in [3.8, 4) is 0 Å². The molecule has 0 spiro atoms. The van der Waals surface area contributed by atoms with Gasteiger partial charge in [-0.3, -0.25) is 19.3 Å². The van der Waals surface area contributed by atoms with Crippen molar-refractivity contribution in [3.63, 3.8) is 0 Å². The number of carbonyl (C=O) groups is 3. The predicted molar refractivity (Wildman–Crippen MR) is 124 cm³/mol. The summed E-state index contributed by atoms with van der Waals surface area (Å²) in [6.45, 7) is 0.907. The highest BCUT2D eigenvalue weighted by atomic mass is 16.5. The maximum absolute atomic E-state index is 13.0.